The molecule has 4 rings (SSSR count). The molecular formula is C18H24N4O3S2. The van der Waals surface area contributed by atoms with Crippen molar-refractivity contribution in [2.24, 2.45) is 5.92 Å². The van der Waals surface area contributed by atoms with Crippen molar-refractivity contribution >= 4 is 38.7 Å². The fourth-order valence-corrected chi connectivity index (χ4v) is 6.32. The van der Waals surface area contributed by atoms with E-state index < -0.39 is 10.0 Å². The van der Waals surface area contributed by atoms with Crippen LogP contribution in [0.15, 0.2) is 23.1 Å². The van der Waals surface area contributed by atoms with Crippen molar-refractivity contribution in [3.8, 4) is 0 Å². The summed E-state index contributed by atoms with van der Waals surface area (Å²) in [5.74, 6) is -0.135. The van der Waals surface area contributed by atoms with E-state index in [4.69, 9.17) is 0 Å². The number of hydrogen-bond donors (Lipinski definition) is 0. The molecule has 2 aliphatic heterocycles. The van der Waals surface area contributed by atoms with Gasteiger partial charge in [-0.25, -0.2) is 8.42 Å². The Labute approximate surface area is 163 Å². The fraction of sp³-hybridized carbons (Fsp3) is 0.611. The Bertz CT molecular complexity index is 920. The maximum absolute atomic E-state index is 13.2. The molecule has 27 heavy (non-hydrogen) atoms. The number of rotatable bonds is 3. The minimum atomic E-state index is -3.70. The van der Waals surface area contributed by atoms with Gasteiger partial charge in [-0.2, -0.15) is 13.1 Å². The molecule has 0 N–H and O–H groups in total. The zero-order chi connectivity index (χ0) is 18.9. The molecule has 146 valence electrons. The maximum Gasteiger partial charge on any atom is 0.245 e. The van der Waals surface area contributed by atoms with E-state index in [0.29, 0.717) is 24.0 Å². The lowest BCUT2D eigenvalue weighted by molar-refractivity contribution is -0.136. The van der Waals surface area contributed by atoms with Gasteiger partial charge in [0.2, 0.25) is 15.9 Å². The Kier molecular flexibility index (Phi) is 5.43. The van der Waals surface area contributed by atoms with Crippen LogP contribution in [0, 0.1) is 5.92 Å². The summed E-state index contributed by atoms with van der Waals surface area (Å²) in [4.78, 5) is 15.1. The lowest BCUT2D eigenvalue weighted by atomic mass is 9.98. The summed E-state index contributed by atoms with van der Waals surface area (Å²) in [5, 5.41) is 0. The van der Waals surface area contributed by atoms with Gasteiger partial charge in [0.15, 0.2) is 0 Å². The molecule has 2 aromatic rings. The van der Waals surface area contributed by atoms with Crippen LogP contribution in [0.3, 0.4) is 0 Å². The van der Waals surface area contributed by atoms with Crippen LogP contribution >= 0.6 is 11.7 Å². The fourth-order valence-electron chi connectivity index (χ4n) is 4.04. The molecule has 1 amide bonds. The van der Waals surface area contributed by atoms with Crippen LogP contribution in [0.2, 0.25) is 0 Å². The predicted octanol–water partition coefficient (Wildman–Crippen LogP) is 2.49. The molecule has 2 fully saturated rings. The maximum atomic E-state index is 13.2. The summed E-state index contributed by atoms with van der Waals surface area (Å²) in [5.41, 5.74) is 1.01. The summed E-state index contributed by atoms with van der Waals surface area (Å²) < 4.78 is 36.2. The van der Waals surface area contributed by atoms with Crippen LogP contribution in [-0.4, -0.2) is 58.5 Å². The number of amides is 1. The Balaban J connectivity index is 1.55. The third kappa shape index (κ3) is 3.72. The summed E-state index contributed by atoms with van der Waals surface area (Å²) in [6.45, 7) is 2.30. The SMILES string of the molecule is O=C([C@@H]1CCCN(S(=O)(=O)c2cccc3nsnc23)C1)N1CCCCCC1. The third-order valence-corrected chi connectivity index (χ3v) is 7.96. The molecule has 0 radical (unpaired) electrons. The molecule has 9 heteroatoms. The first-order valence-corrected chi connectivity index (χ1v) is 11.7. The van der Waals surface area contributed by atoms with Gasteiger partial charge in [-0.1, -0.05) is 18.9 Å². The molecule has 0 spiro atoms. The minimum Gasteiger partial charge on any atom is -0.342 e. The molecule has 0 aliphatic carbocycles. The van der Waals surface area contributed by atoms with Gasteiger partial charge >= 0.3 is 0 Å². The first kappa shape index (κ1) is 18.8. The largest absolute Gasteiger partial charge is 0.342 e. The third-order valence-electron chi connectivity index (χ3n) is 5.52. The molecule has 1 aromatic heterocycles. The van der Waals surface area contributed by atoms with E-state index >= 15 is 0 Å². The summed E-state index contributed by atoms with van der Waals surface area (Å²) in [6.07, 6.45) is 5.87. The van der Waals surface area contributed by atoms with E-state index in [-0.39, 0.29) is 23.3 Å². The van der Waals surface area contributed by atoms with Crippen molar-refractivity contribution < 1.29 is 13.2 Å². The highest BCUT2D eigenvalue weighted by Gasteiger charge is 2.36. The van der Waals surface area contributed by atoms with Crippen molar-refractivity contribution in [3.05, 3.63) is 18.2 Å². The number of hydrogen-bond acceptors (Lipinski definition) is 6. The zero-order valence-corrected chi connectivity index (χ0v) is 16.8. The van der Waals surface area contributed by atoms with Crippen LogP contribution < -0.4 is 0 Å². The first-order valence-electron chi connectivity index (χ1n) is 9.57. The van der Waals surface area contributed by atoms with E-state index in [1.165, 1.54) is 17.1 Å². The molecule has 3 heterocycles. The molecule has 0 saturated carbocycles. The van der Waals surface area contributed by atoms with E-state index in [1.807, 2.05) is 4.90 Å². The molecule has 7 nitrogen and oxygen atoms in total. The van der Waals surface area contributed by atoms with Crippen LogP contribution in [0.4, 0.5) is 0 Å². The van der Waals surface area contributed by atoms with Gasteiger partial charge in [-0.3, -0.25) is 4.79 Å². The molecule has 0 bridgehead atoms. The second-order valence-corrected chi connectivity index (χ2v) is 9.76. The zero-order valence-electron chi connectivity index (χ0n) is 15.2. The number of nitrogens with zero attached hydrogens (tertiary/aromatic N) is 4. The van der Waals surface area contributed by atoms with Crippen molar-refractivity contribution in [1.82, 2.24) is 18.0 Å². The summed E-state index contributed by atoms with van der Waals surface area (Å²) in [6, 6.07) is 5.04. The Morgan fingerprint density at radius 2 is 1.81 bits per heavy atom. The number of likely N-dealkylation sites (tertiary alicyclic amines) is 1. The highest BCUT2D eigenvalue weighted by Crippen LogP contribution is 2.29. The van der Waals surface area contributed by atoms with E-state index in [2.05, 4.69) is 8.75 Å². The summed E-state index contributed by atoms with van der Waals surface area (Å²) in [7, 11) is -3.70. The van der Waals surface area contributed by atoms with E-state index in [9.17, 15) is 13.2 Å². The van der Waals surface area contributed by atoms with Gasteiger partial charge in [-0.15, -0.1) is 0 Å². The molecule has 0 unspecified atom stereocenters. The lowest BCUT2D eigenvalue weighted by Crippen LogP contribution is -2.47. The van der Waals surface area contributed by atoms with Crippen molar-refractivity contribution in [2.75, 3.05) is 26.2 Å². The number of piperidine rings is 1. The Hall–Kier alpha value is -1.58. The predicted molar refractivity (Wildman–Crippen MR) is 104 cm³/mol. The monoisotopic (exact) mass is 408 g/mol. The molecular weight excluding hydrogens is 384 g/mol. The van der Waals surface area contributed by atoms with Gasteiger partial charge in [-0.05, 0) is 37.8 Å². The quantitative estimate of drug-likeness (QED) is 0.779. The number of benzene rings is 1. The average Bonchev–Trinajstić information content (AvgIpc) is 3.01. The second-order valence-electron chi connectivity index (χ2n) is 7.33. The number of fused-ring (bicyclic) bond motifs is 1. The topological polar surface area (TPSA) is 83.5 Å². The van der Waals surface area contributed by atoms with Crippen LogP contribution in [0.25, 0.3) is 11.0 Å². The highest BCUT2D eigenvalue weighted by atomic mass is 32.2. The smallest absolute Gasteiger partial charge is 0.245 e. The second kappa shape index (κ2) is 7.81. The number of sulfonamides is 1. The Morgan fingerprint density at radius 3 is 2.59 bits per heavy atom. The van der Waals surface area contributed by atoms with Crippen LogP contribution in [-0.2, 0) is 14.8 Å². The van der Waals surface area contributed by atoms with Crippen LogP contribution in [0.1, 0.15) is 38.5 Å². The standard InChI is InChI=1S/C18H24N4O3S2/c23-18(21-10-3-1-2-4-11-21)14-7-6-12-22(13-14)27(24,25)16-9-5-8-15-17(16)20-26-19-15/h5,8-9,14H,1-4,6-7,10-13H2/t14-/m1/s1. The molecule has 1 aromatic carbocycles. The Morgan fingerprint density at radius 1 is 1.04 bits per heavy atom. The van der Waals surface area contributed by atoms with E-state index in [1.54, 1.807) is 18.2 Å². The van der Waals surface area contributed by atoms with Gasteiger partial charge in [0.25, 0.3) is 0 Å². The average molecular weight is 409 g/mol. The van der Waals surface area contributed by atoms with Crippen molar-refractivity contribution in [3.63, 3.8) is 0 Å². The number of carbonyl (C=O) groups excluding carboxylic acids is 1. The number of carbonyl (C=O) groups is 1. The minimum absolute atomic E-state index is 0.116. The van der Waals surface area contributed by atoms with Crippen LogP contribution in [0.5, 0.6) is 0 Å². The normalized spacial score (nSPS) is 22.7. The molecule has 2 saturated heterocycles. The van der Waals surface area contributed by atoms with Gasteiger partial charge < -0.3 is 4.90 Å². The van der Waals surface area contributed by atoms with Gasteiger partial charge in [0.05, 0.1) is 17.6 Å². The highest BCUT2D eigenvalue weighted by molar-refractivity contribution is 7.89. The van der Waals surface area contributed by atoms with Gasteiger partial charge in [0, 0.05) is 26.2 Å². The molecule has 2 aliphatic rings. The van der Waals surface area contributed by atoms with E-state index in [0.717, 1.165) is 44.1 Å². The first-order chi connectivity index (χ1) is 13.1. The van der Waals surface area contributed by atoms with Crippen molar-refractivity contribution in [2.45, 2.75) is 43.4 Å². The lowest BCUT2D eigenvalue weighted by Gasteiger charge is -2.34. The summed E-state index contributed by atoms with van der Waals surface area (Å²) >= 11 is 1.01. The van der Waals surface area contributed by atoms with Gasteiger partial charge in [0.1, 0.15) is 15.9 Å². The van der Waals surface area contributed by atoms with Crippen molar-refractivity contribution in [1.29, 1.82) is 0 Å². The molecule has 1 atom stereocenters. The number of aromatic nitrogens is 2.